The zero-order chi connectivity index (χ0) is 18.4. The van der Waals surface area contributed by atoms with E-state index in [0.29, 0.717) is 12.6 Å². The Bertz CT molecular complexity index is 724. The fraction of sp³-hybridized carbons (Fsp3) is 0.400. The summed E-state index contributed by atoms with van der Waals surface area (Å²) < 4.78 is 0. The van der Waals surface area contributed by atoms with Crippen LogP contribution in [-0.2, 0) is 24.3 Å². The van der Waals surface area contributed by atoms with E-state index in [-0.39, 0.29) is 12.5 Å². The van der Waals surface area contributed by atoms with Crippen molar-refractivity contribution in [2.24, 2.45) is 0 Å². The molecule has 3 rings (SSSR count). The Labute approximate surface area is 158 Å². The van der Waals surface area contributed by atoms with Crippen molar-refractivity contribution in [3.05, 3.63) is 57.8 Å². The lowest BCUT2D eigenvalue weighted by molar-refractivity contribution is -0.121. The van der Waals surface area contributed by atoms with Gasteiger partial charge in [0.2, 0.25) is 5.91 Å². The maximum Gasteiger partial charge on any atom is 0.321 e. The summed E-state index contributed by atoms with van der Waals surface area (Å²) in [7, 11) is 0. The maximum atomic E-state index is 12.2. The lowest BCUT2D eigenvalue weighted by Gasteiger charge is -2.21. The lowest BCUT2D eigenvalue weighted by Crippen LogP contribution is -2.44. The Balaban J connectivity index is 1.47. The van der Waals surface area contributed by atoms with Crippen LogP contribution in [0, 0.1) is 0 Å². The van der Waals surface area contributed by atoms with Crippen LogP contribution in [0.15, 0.2) is 41.8 Å². The van der Waals surface area contributed by atoms with Crippen LogP contribution in [-0.4, -0.2) is 29.4 Å². The predicted molar refractivity (Wildman–Crippen MR) is 104 cm³/mol. The van der Waals surface area contributed by atoms with Crippen LogP contribution in [0.25, 0.3) is 0 Å². The number of aryl methyl sites for hydroxylation is 1. The summed E-state index contributed by atoms with van der Waals surface area (Å²) >= 11 is 1.57. The molecule has 2 N–H and O–H groups in total. The van der Waals surface area contributed by atoms with Crippen LogP contribution < -0.4 is 10.6 Å². The number of thiophene rings is 1. The molecule has 0 unspecified atom stereocenters. The molecule has 26 heavy (non-hydrogen) atoms. The number of hydrogen-bond donors (Lipinski definition) is 2. The first-order chi connectivity index (χ1) is 12.6. The summed E-state index contributed by atoms with van der Waals surface area (Å²) in [5.41, 5.74) is 2.51. The quantitative estimate of drug-likeness (QED) is 0.748. The van der Waals surface area contributed by atoms with Gasteiger partial charge >= 0.3 is 6.03 Å². The number of urea groups is 1. The fourth-order valence-electron chi connectivity index (χ4n) is 2.84. The maximum absolute atomic E-state index is 12.2. The molecule has 1 aromatic heterocycles. The zero-order valence-corrected chi connectivity index (χ0v) is 15.8. The molecular weight excluding hydrogens is 346 g/mol. The highest BCUT2D eigenvalue weighted by molar-refractivity contribution is 7.09. The van der Waals surface area contributed by atoms with E-state index in [1.165, 1.54) is 11.1 Å². The largest absolute Gasteiger partial charge is 0.333 e. The SMILES string of the molecule is CCc1ccc(CN(CC(=O)NC(=O)NCc2cccs2)C2CC2)cc1. The summed E-state index contributed by atoms with van der Waals surface area (Å²) in [6.07, 6.45) is 3.26. The highest BCUT2D eigenvalue weighted by atomic mass is 32.1. The molecule has 0 spiro atoms. The number of hydrogen-bond acceptors (Lipinski definition) is 4. The molecule has 0 aliphatic heterocycles. The third kappa shape index (κ3) is 5.68. The second-order valence-electron chi connectivity index (χ2n) is 6.62. The summed E-state index contributed by atoms with van der Waals surface area (Å²) in [4.78, 5) is 27.3. The minimum Gasteiger partial charge on any atom is -0.333 e. The molecule has 0 saturated heterocycles. The van der Waals surface area contributed by atoms with E-state index in [1.54, 1.807) is 11.3 Å². The second kappa shape index (κ2) is 8.96. The normalized spacial score (nSPS) is 13.6. The van der Waals surface area contributed by atoms with E-state index in [0.717, 1.165) is 30.7 Å². The molecule has 0 radical (unpaired) electrons. The monoisotopic (exact) mass is 371 g/mol. The Morgan fingerprint density at radius 3 is 2.50 bits per heavy atom. The molecule has 1 heterocycles. The number of benzene rings is 1. The predicted octanol–water partition coefficient (Wildman–Crippen LogP) is 3.30. The van der Waals surface area contributed by atoms with Gasteiger partial charge < -0.3 is 5.32 Å². The first kappa shape index (κ1) is 18.6. The first-order valence-corrected chi connectivity index (χ1v) is 9.94. The van der Waals surface area contributed by atoms with Gasteiger partial charge in [0, 0.05) is 17.5 Å². The molecule has 5 nitrogen and oxygen atoms in total. The van der Waals surface area contributed by atoms with Crippen molar-refractivity contribution in [2.45, 2.75) is 45.3 Å². The van der Waals surface area contributed by atoms with Crippen LogP contribution in [0.3, 0.4) is 0 Å². The number of carbonyl (C=O) groups is 2. The third-order valence-corrected chi connectivity index (χ3v) is 5.36. The number of imide groups is 1. The molecule has 1 aromatic carbocycles. The minimum absolute atomic E-state index is 0.243. The van der Waals surface area contributed by atoms with E-state index < -0.39 is 6.03 Å². The Morgan fingerprint density at radius 2 is 1.88 bits per heavy atom. The first-order valence-electron chi connectivity index (χ1n) is 9.06. The van der Waals surface area contributed by atoms with Crippen molar-refractivity contribution >= 4 is 23.3 Å². The highest BCUT2D eigenvalue weighted by Crippen LogP contribution is 2.28. The molecular formula is C20H25N3O2S. The second-order valence-corrected chi connectivity index (χ2v) is 7.65. The number of nitrogens with one attached hydrogen (secondary N) is 2. The standard InChI is InChI=1S/C20H25N3O2S/c1-2-15-5-7-16(8-6-15)13-23(17-9-10-17)14-19(24)22-20(25)21-12-18-4-3-11-26-18/h3-8,11,17H,2,9-10,12-14H2,1H3,(H2,21,22,24,25). The van der Waals surface area contributed by atoms with Crippen LogP contribution in [0.2, 0.25) is 0 Å². The molecule has 6 heteroatoms. The van der Waals surface area contributed by atoms with Gasteiger partial charge in [0.25, 0.3) is 0 Å². The van der Waals surface area contributed by atoms with Gasteiger partial charge in [-0.25, -0.2) is 4.79 Å². The van der Waals surface area contributed by atoms with E-state index >= 15 is 0 Å². The van der Waals surface area contributed by atoms with Gasteiger partial charge in [0.1, 0.15) is 0 Å². The third-order valence-electron chi connectivity index (χ3n) is 4.48. The summed E-state index contributed by atoms with van der Waals surface area (Å²) in [6.45, 7) is 3.55. The smallest absolute Gasteiger partial charge is 0.321 e. The van der Waals surface area contributed by atoms with Gasteiger partial charge in [0.05, 0.1) is 13.1 Å². The average molecular weight is 372 g/mol. The fourth-order valence-corrected chi connectivity index (χ4v) is 3.49. The number of amides is 3. The van der Waals surface area contributed by atoms with E-state index in [9.17, 15) is 9.59 Å². The van der Waals surface area contributed by atoms with Gasteiger partial charge in [-0.15, -0.1) is 11.3 Å². The molecule has 1 aliphatic rings. The lowest BCUT2D eigenvalue weighted by atomic mass is 10.1. The molecule has 0 atom stereocenters. The number of carbonyl (C=O) groups excluding carboxylic acids is 2. The Kier molecular flexibility index (Phi) is 6.41. The van der Waals surface area contributed by atoms with Gasteiger partial charge in [-0.2, -0.15) is 0 Å². The minimum atomic E-state index is -0.438. The van der Waals surface area contributed by atoms with Crippen molar-refractivity contribution in [3.8, 4) is 0 Å². The number of rotatable bonds is 8. The van der Waals surface area contributed by atoms with Crippen LogP contribution >= 0.6 is 11.3 Å². The van der Waals surface area contributed by atoms with E-state index in [4.69, 9.17) is 0 Å². The molecule has 3 amide bonds. The molecule has 2 aromatic rings. The molecule has 0 bridgehead atoms. The Morgan fingerprint density at radius 1 is 1.15 bits per heavy atom. The number of nitrogens with zero attached hydrogens (tertiary/aromatic N) is 1. The summed E-state index contributed by atoms with van der Waals surface area (Å²) in [5.74, 6) is -0.259. The average Bonchev–Trinajstić information content (AvgIpc) is 3.36. The zero-order valence-electron chi connectivity index (χ0n) is 15.0. The highest BCUT2D eigenvalue weighted by Gasteiger charge is 2.30. The topological polar surface area (TPSA) is 61.4 Å². The van der Waals surface area contributed by atoms with Gasteiger partial charge in [-0.1, -0.05) is 37.3 Å². The van der Waals surface area contributed by atoms with E-state index in [2.05, 4.69) is 46.7 Å². The van der Waals surface area contributed by atoms with Crippen LogP contribution in [0.5, 0.6) is 0 Å². The van der Waals surface area contributed by atoms with Gasteiger partial charge in [-0.3, -0.25) is 15.0 Å². The van der Waals surface area contributed by atoms with Crippen molar-refractivity contribution in [3.63, 3.8) is 0 Å². The van der Waals surface area contributed by atoms with Crippen molar-refractivity contribution < 1.29 is 9.59 Å². The molecule has 138 valence electrons. The molecule has 1 fully saturated rings. The Hall–Kier alpha value is -2.18. The molecule has 1 saturated carbocycles. The summed E-state index contributed by atoms with van der Waals surface area (Å²) in [6, 6.07) is 12.4. The van der Waals surface area contributed by atoms with Crippen LogP contribution in [0.1, 0.15) is 35.8 Å². The van der Waals surface area contributed by atoms with Gasteiger partial charge in [-0.05, 0) is 41.8 Å². The van der Waals surface area contributed by atoms with Crippen molar-refractivity contribution in [1.29, 1.82) is 0 Å². The summed E-state index contributed by atoms with van der Waals surface area (Å²) in [5, 5.41) is 7.11. The van der Waals surface area contributed by atoms with Gasteiger partial charge in [0.15, 0.2) is 0 Å². The molecule has 1 aliphatic carbocycles. The van der Waals surface area contributed by atoms with E-state index in [1.807, 2.05) is 17.5 Å². The van der Waals surface area contributed by atoms with Crippen LogP contribution in [0.4, 0.5) is 4.79 Å². The van der Waals surface area contributed by atoms with Crippen molar-refractivity contribution in [2.75, 3.05) is 6.54 Å². The van der Waals surface area contributed by atoms with Crippen molar-refractivity contribution in [1.82, 2.24) is 15.5 Å².